The van der Waals surface area contributed by atoms with Gasteiger partial charge in [-0.25, -0.2) is 4.98 Å². The molecule has 2 rings (SSSR count). The fourth-order valence-electron chi connectivity index (χ4n) is 3.55. The van der Waals surface area contributed by atoms with Crippen molar-refractivity contribution in [3.63, 3.8) is 0 Å². The highest BCUT2D eigenvalue weighted by molar-refractivity contribution is 5.62. The molecule has 0 saturated carbocycles. The molecule has 1 aliphatic rings. The second kappa shape index (κ2) is 7.53. The third-order valence-corrected chi connectivity index (χ3v) is 4.58. The highest BCUT2D eigenvalue weighted by atomic mass is 16.5. The van der Waals surface area contributed by atoms with Crippen LogP contribution in [-0.4, -0.2) is 23.7 Å². The van der Waals surface area contributed by atoms with Crippen LogP contribution in [0.4, 0.5) is 5.82 Å². The van der Waals surface area contributed by atoms with Gasteiger partial charge in [-0.1, -0.05) is 27.7 Å². The molecule has 1 aromatic rings. The van der Waals surface area contributed by atoms with Crippen LogP contribution < -0.4 is 4.90 Å². The van der Waals surface area contributed by atoms with Crippen molar-refractivity contribution in [2.24, 2.45) is 0 Å². The number of anilines is 1. The Bertz CT molecular complexity index is 623. The van der Waals surface area contributed by atoms with Crippen molar-refractivity contribution >= 4 is 5.82 Å². The average Bonchev–Trinajstić information content (AvgIpc) is 2.51. The molecule has 0 fully saturated rings. The molecule has 0 saturated heterocycles. The summed E-state index contributed by atoms with van der Waals surface area (Å²) in [5, 5.41) is 9.88. The van der Waals surface area contributed by atoms with Gasteiger partial charge in [-0.15, -0.1) is 0 Å². The highest BCUT2D eigenvalue weighted by Gasteiger charge is 2.32. The summed E-state index contributed by atoms with van der Waals surface area (Å²) < 4.78 is 6.01. The first-order valence-electron chi connectivity index (χ1n) is 9.19. The predicted molar refractivity (Wildman–Crippen MR) is 98.4 cm³/mol. The molecule has 0 atom stereocenters. The summed E-state index contributed by atoms with van der Waals surface area (Å²) in [5.41, 5.74) is 3.93. The molecule has 132 valence electrons. The second-order valence-electron chi connectivity index (χ2n) is 7.63. The minimum absolute atomic E-state index is 0.194. The molecular formula is C20H31N3O. The van der Waals surface area contributed by atoms with Gasteiger partial charge >= 0.3 is 0 Å². The number of pyridine rings is 1. The van der Waals surface area contributed by atoms with Gasteiger partial charge in [0.15, 0.2) is 0 Å². The standard InChI is InChI=1S/C20H31N3O/c1-7-9-23(10-8-2)19-15(12-21)18(14(3)4)16-13-24-20(5,6)11-17(16)22-19/h14H,7-11,13H2,1-6H3. The van der Waals surface area contributed by atoms with E-state index < -0.39 is 0 Å². The third kappa shape index (κ3) is 3.72. The molecular weight excluding hydrogens is 298 g/mol. The van der Waals surface area contributed by atoms with Crippen molar-refractivity contribution in [2.45, 2.75) is 78.9 Å². The van der Waals surface area contributed by atoms with Gasteiger partial charge in [0.25, 0.3) is 0 Å². The first-order valence-corrected chi connectivity index (χ1v) is 9.19. The summed E-state index contributed by atoms with van der Waals surface area (Å²) in [4.78, 5) is 7.27. The molecule has 0 radical (unpaired) electrons. The maximum atomic E-state index is 9.88. The maximum absolute atomic E-state index is 9.88. The Morgan fingerprint density at radius 1 is 1.25 bits per heavy atom. The molecule has 0 unspecified atom stereocenters. The van der Waals surface area contributed by atoms with E-state index in [9.17, 15) is 5.26 Å². The first kappa shape index (κ1) is 18.7. The molecule has 4 heteroatoms. The van der Waals surface area contributed by atoms with Gasteiger partial charge in [-0.2, -0.15) is 5.26 Å². The number of nitriles is 1. The predicted octanol–water partition coefficient (Wildman–Crippen LogP) is 4.55. The van der Waals surface area contributed by atoms with E-state index in [-0.39, 0.29) is 11.5 Å². The van der Waals surface area contributed by atoms with Crippen LogP contribution in [-0.2, 0) is 17.8 Å². The summed E-state index contributed by atoms with van der Waals surface area (Å²) in [6, 6.07) is 2.45. The van der Waals surface area contributed by atoms with E-state index in [0.717, 1.165) is 60.6 Å². The number of rotatable bonds is 6. The molecule has 1 aromatic heterocycles. The van der Waals surface area contributed by atoms with Crippen LogP contribution in [0.15, 0.2) is 0 Å². The quantitative estimate of drug-likeness (QED) is 0.768. The summed E-state index contributed by atoms with van der Waals surface area (Å²) in [5.74, 6) is 1.16. The summed E-state index contributed by atoms with van der Waals surface area (Å²) >= 11 is 0. The Labute approximate surface area is 146 Å². The lowest BCUT2D eigenvalue weighted by Crippen LogP contribution is -2.35. The van der Waals surface area contributed by atoms with Gasteiger partial charge in [-0.05, 0) is 38.2 Å². The minimum atomic E-state index is -0.194. The SMILES string of the molecule is CCCN(CCC)c1nc2c(c(C(C)C)c1C#N)COC(C)(C)C2. The molecule has 0 aliphatic carbocycles. The first-order chi connectivity index (χ1) is 11.3. The smallest absolute Gasteiger partial charge is 0.147 e. The van der Waals surface area contributed by atoms with Crippen LogP contribution in [0.25, 0.3) is 0 Å². The number of nitrogens with zero attached hydrogens (tertiary/aromatic N) is 3. The normalized spacial score (nSPS) is 15.9. The van der Waals surface area contributed by atoms with Crippen LogP contribution in [0.1, 0.15) is 82.7 Å². The fourth-order valence-corrected chi connectivity index (χ4v) is 3.55. The van der Waals surface area contributed by atoms with Crippen LogP contribution in [0.5, 0.6) is 0 Å². The van der Waals surface area contributed by atoms with E-state index in [0.29, 0.717) is 6.61 Å². The lowest BCUT2D eigenvalue weighted by Gasteiger charge is -2.35. The van der Waals surface area contributed by atoms with E-state index in [2.05, 4.69) is 52.5 Å². The minimum Gasteiger partial charge on any atom is -0.370 e. The summed E-state index contributed by atoms with van der Waals surface area (Å²) in [6.07, 6.45) is 2.90. The molecule has 0 spiro atoms. The molecule has 0 N–H and O–H groups in total. The fraction of sp³-hybridized carbons (Fsp3) is 0.700. The lowest BCUT2D eigenvalue weighted by molar-refractivity contribution is -0.0417. The molecule has 1 aliphatic heterocycles. The van der Waals surface area contributed by atoms with Gasteiger partial charge in [0, 0.05) is 25.1 Å². The van der Waals surface area contributed by atoms with Crippen LogP contribution >= 0.6 is 0 Å². The van der Waals surface area contributed by atoms with Crippen LogP contribution in [0.2, 0.25) is 0 Å². The zero-order valence-corrected chi connectivity index (χ0v) is 16.1. The Kier molecular flexibility index (Phi) is 5.87. The van der Waals surface area contributed by atoms with E-state index >= 15 is 0 Å². The van der Waals surface area contributed by atoms with E-state index in [4.69, 9.17) is 9.72 Å². The van der Waals surface area contributed by atoms with Crippen molar-refractivity contribution in [3.05, 3.63) is 22.4 Å². The monoisotopic (exact) mass is 329 g/mol. The van der Waals surface area contributed by atoms with Crippen LogP contribution in [0.3, 0.4) is 0 Å². The molecule has 0 aromatic carbocycles. The number of hydrogen-bond acceptors (Lipinski definition) is 4. The number of aromatic nitrogens is 1. The maximum Gasteiger partial charge on any atom is 0.147 e. The summed E-state index contributed by atoms with van der Waals surface area (Å²) in [7, 11) is 0. The van der Waals surface area contributed by atoms with Crippen molar-refractivity contribution in [1.29, 1.82) is 5.26 Å². The van der Waals surface area contributed by atoms with Crippen molar-refractivity contribution in [1.82, 2.24) is 4.98 Å². The zero-order chi connectivity index (χ0) is 17.9. The lowest BCUT2D eigenvalue weighted by atomic mass is 9.87. The van der Waals surface area contributed by atoms with Crippen molar-refractivity contribution in [3.8, 4) is 6.07 Å². The van der Waals surface area contributed by atoms with Gasteiger partial charge in [0.1, 0.15) is 11.9 Å². The zero-order valence-electron chi connectivity index (χ0n) is 16.1. The van der Waals surface area contributed by atoms with Gasteiger partial charge in [0.05, 0.1) is 23.5 Å². The molecule has 2 heterocycles. The highest BCUT2D eigenvalue weighted by Crippen LogP contribution is 2.37. The number of hydrogen-bond donors (Lipinski definition) is 0. The number of ether oxygens (including phenoxy) is 1. The molecule has 4 nitrogen and oxygen atoms in total. The van der Waals surface area contributed by atoms with Crippen molar-refractivity contribution in [2.75, 3.05) is 18.0 Å². The van der Waals surface area contributed by atoms with Gasteiger partial charge < -0.3 is 9.64 Å². The van der Waals surface area contributed by atoms with E-state index in [1.54, 1.807) is 0 Å². The molecule has 0 bridgehead atoms. The van der Waals surface area contributed by atoms with E-state index in [1.165, 1.54) is 0 Å². The van der Waals surface area contributed by atoms with Gasteiger partial charge in [0.2, 0.25) is 0 Å². The van der Waals surface area contributed by atoms with Gasteiger partial charge in [-0.3, -0.25) is 0 Å². The van der Waals surface area contributed by atoms with Crippen LogP contribution in [0, 0.1) is 11.3 Å². The molecule has 0 amide bonds. The van der Waals surface area contributed by atoms with E-state index in [1.807, 2.05) is 0 Å². The van der Waals surface area contributed by atoms with Crippen molar-refractivity contribution < 1.29 is 4.74 Å². The Morgan fingerprint density at radius 2 is 1.88 bits per heavy atom. The third-order valence-electron chi connectivity index (χ3n) is 4.58. The Morgan fingerprint density at radius 3 is 2.38 bits per heavy atom. The number of fused-ring (bicyclic) bond motifs is 1. The second-order valence-corrected chi connectivity index (χ2v) is 7.63. The largest absolute Gasteiger partial charge is 0.370 e. The Balaban J connectivity index is 2.66. The molecule has 24 heavy (non-hydrogen) atoms. The topological polar surface area (TPSA) is 49.2 Å². The summed E-state index contributed by atoms with van der Waals surface area (Å²) in [6.45, 7) is 15.3. The average molecular weight is 329 g/mol. The Hall–Kier alpha value is -1.60.